The van der Waals surface area contributed by atoms with Crippen LogP contribution in [0, 0.1) is 36.9 Å². The van der Waals surface area contributed by atoms with Crippen LogP contribution in [0.4, 0.5) is 4.39 Å². The average molecular weight is 644 g/mol. The first kappa shape index (κ1) is 37.4. The number of fused-ring (bicyclic) bond motifs is 1. The van der Waals surface area contributed by atoms with Crippen LogP contribution in [0.2, 0.25) is 0 Å². The molecule has 47 heavy (non-hydrogen) atoms. The normalized spacial score (nSPS) is 15.4. The Kier molecular flexibility index (Phi) is 14.6. The number of carbonyl (C=O) groups is 1. The third-order valence-electron chi connectivity index (χ3n) is 8.67. The molecule has 3 aromatic rings. The average Bonchev–Trinajstić information content (AvgIpc) is 3.42. The van der Waals surface area contributed by atoms with E-state index >= 15 is 0 Å². The number of ether oxygens (including phenoxy) is 3. The van der Waals surface area contributed by atoms with Gasteiger partial charge in [0.25, 0.3) is 0 Å². The van der Waals surface area contributed by atoms with E-state index in [9.17, 15) is 9.18 Å². The van der Waals surface area contributed by atoms with Crippen LogP contribution in [0.5, 0.6) is 5.75 Å². The molecule has 7 nitrogen and oxygen atoms in total. The molecule has 252 valence electrons. The SMILES string of the molecule is C=C(CNCCNCCc1cccc2c1CC(C)(c1ccc(C#N)cc1F)O2)C(C)CCOCC.COC(=O)c1ccc(C)c(C)c1. The predicted molar refractivity (Wildman–Crippen MR) is 185 cm³/mol. The lowest BCUT2D eigenvalue weighted by Gasteiger charge is -2.25. The van der Waals surface area contributed by atoms with Gasteiger partial charge in [0.1, 0.15) is 17.2 Å². The first-order valence-electron chi connectivity index (χ1n) is 16.3. The summed E-state index contributed by atoms with van der Waals surface area (Å²) >= 11 is 0. The summed E-state index contributed by atoms with van der Waals surface area (Å²) in [4.78, 5) is 11.1. The van der Waals surface area contributed by atoms with Crippen molar-refractivity contribution in [1.82, 2.24) is 10.6 Å². The summed E-state index contributed by atoms with van der Waals surface area (Å²) < 4.78 is 31.0. The molecular weight excluding hydrogens is 593 g/mol. The van der Waals surface area contributed by atoms with Crippen LogP contribution in [0.1, 0.15) is 70.9 Å². The Morgan fingerprint density at radius 1 is 1.11 bits per heavy atom. The van der Waals surface area contributed by atoms with Crippen LogP contribution in [0.15, 0.2) is 66.7 Å². The molecule has 2 unspecified atom stereocenters. The number of carbonyl (C=O) groups excluding carboxylic acids is 1. The van der Waals surface area contributed by atoms with E-state index in [0.717, 1.165) is 69.1 Å². The lowest BCUT2D eigenvalue weighted by atomic mass is 9.88. The van der Waals surface area contributed by atoms with Crippen molar-refractivity contribution in [2.75, 3.05) is 46.5 Å². The number of benzene rings is 3. The number of rotatable bonds is 15. The van der Waals surface area contributed by atoms with Crippen LogP contribution in [0.25, 0.3) is 0 Å². The van der Waals surface area contributed by atoms with Gasteiger partial charge in [-0.1, -0.05) is 43.3 Å². The van der Waals surface area contributed by atoms with E-state index in [1.54, 1.807) is 18.2 Å². The molecule has 3 aromatic carbocycles. The molecule has 2 atom stereocenters. The lowest BCUT2D eigenvalue weighted by molar-refractivity contribution is 0.0600. The highest BCUT2D eigenvalue weighted by Crippen LogP contribution is 2.43. The summed E-state index contributed by atoms with van der Waals surface area (Å²) in [6.45, 7) is 19.3. The third kappa shape index (κ3) is 10.8. The van der Waals surface area contributed by atoms with E-state index in [1.807, 2.05) is 58.0 Å². The van der Waals surface area contributed by atoms with E-state index in [-0.39, 0.29) is 5.97 Å². The van der Waals surface area contributed by atoms with E-state index in [1.165, 1.54) is 29.9 Å². The zero-order valence-corrected chi connectivity index (χ0v) is 28.8. The molecule has 0 saturated heterocycles. The standard InChI is InChI=1S/C29H38FN3O2.C10H12O2/c1-5-34-16-12-21(2)22(3)20-33-15-14-32-13-11-24-7-6-8-28-25(24)18-29(4,35-28)26-10-9-23(19-31)17-27(26)30;1-7-4-5-9(6-8(7)2)10(11)12-3/h6-10,17,21,32-33H,3,5,11-16,18,20H2,1-2,4H3;4-6H,1-3H3. The number of hydrogen-bond acceptors (Lipinski definition) is 7. The van der Waals surface area contributed by atoms with Crippen molar-refractivity contribution in [3.63, 3.8) is 0 Å². The van der Waals surface area contributed by atoms with Crippen LogP contribution in [-0.2, 0) is 27.9 Å². The molecule has 1 aliphatic heterocycles. The summed E-state index contributed by atoms with van der Waals surface area (Å²) in [7, 11) is 1.39. The Morgan fingerprint density at radius 2 is 1.87 bits per heavy atom. The van der Waals surface area contributed by atoms with Crippen molar-refractivity contribution in [2.24, 2.45) is 5.92 Å². The van der Waals surface area contributed by atoms with Gasteiger partial charge in [0.2, 0.25) is 0 Å². The highest BCUT2D eigenvalue weighted by atomic mass is 19.1. The van der Waals surface area contributed by atoms with Crippen LogP contribution in [-0.4, -0.2) is 52.5 Å². The fourth-order valence-electron chi connectivity index (χ4n) is 5.46. The van der Waals surface area contributed by atoms with Gasteiger partial charge in [-0.25, -0.2) is 9.18 Å². The molecule has 0 saturated carbocycles. The Balaban J connectivity index is 0.000000420. The second-order valence-corrected chi connectivity index (χ2v) is 12.2. The first-order valence-corrected chi connectivity index (χ1v) is 16.3. The summed E-state index contributed by atoms with van der Waals surface area (Å²) in [5.74, 6) is 0.583. The minimum Gasteiger partial charge on any atom is -0.482 e. The molecule has 1 heterocycles. The molecule has 2 N–H and O–H groups in total. The minimum atomic E-state index is -0.782. The predicted octanol–water partition coefficient (Wildman–Crippen LogP) is 6.98. The molecule has 0 radical (unpaired) electrons. The lowest BCUT2D eigenvalue weighted by Crippen LogP contribution is -2.30. The highest BCUT2D eigenvalue weighted by molar-refractivity contribution is 5.89. The minimum absolute atomic E-state index is 0.280. The van der Waals surface area contributed by atoms with Crippen molar-refractivity contribution in [1.29, 1.82) is 5.26 Å². The molecule has 8 heteroatoms. The number of esters is 1. The van der Waals surface area contributed by atoms with Crippen molar-refractivity contribution in [3.05, 3.63) is 112 Å². The molecule has 0 spiro atoms. The largest absolute Gasteiger partial charge is 0.482 e. The van der Waals surface area contributed by atoms with Gasteiger partial charge in [0.05, 0.1) is 24.3 Å². The molecule has 0 aliphatic carbocycles. The van der Waals surface area contributed by atoms with Gasteiger partial charge in [0.15, 0.2) is 0 Å². The Labute approximate surface area is 280 Å². The zero-order chi connectivity index (χ0) is 34.4. The number of nitriles is 1. The molecule has 0 amide bonds. The zero-order valence-electron chi connectivity index (χ0n) is 28.8. The Bertz CT molecular complexity index is 1550. The molecule has 0 aromatic heterocycles. The molecule has 0 fully saturated rings. The van der Waals surface area contributed by atoms with Gasteiger partial charge in [-0.15, -0.1) is 0 Å². The maximum Gasteiger partial charge on any atom is 0.337 e. The first-order chi connectivity index (χ1) is 22.5. The van der Waals surface area contributed by atoms with Crippen molar-refractivity contribution >= 4 is 5.97 Å². The number of hydrogen-bond donors (Lipinski definition) is 2. The molecule has 0 bridgehead atoms. The summed E-state index contributed by atoms with van der Waals surface area (Å²) in [6, 6.07) is 18.2. The Hall–Kier alpha value is -4.03. The second-order valence-electron chi connectivity index (χ2n) is 12.2. The quantitative estimate of drug-likeness (QED) is 0.105. The number of halogens is 1. The van der Waals surface area contributed by atoms with Crippen LogP contribution >= 0.6 is 0 Å². The van der Waals surface area contributed by atoms with Crippen LogP contribution in [0.3, 0.4) is 0 Å². The maximum atomic E-state index is 14.7. The van der Waals surface area contributed by atoms with Gasteiger partial charge in [-0.2, -0.15) is 5.26 Å². The summed E-state index contributed by atoms with van der Waals surface area (Å²) in [6.07, 6.45) is 2.49. The van der Waals surface area contributed by atoms with Crippen molar-refractivity contribution in [2.45, 2.75) is 59.5 Å². The smallest absolute Gasteiger partial charge is 0.337 e. The van der Waals surface area contributed by atoms with Gasteiger partial charge in [-0.3, -0.25) is 0 Å². The monoisotopic (exact) mass is 643 g/mol. The van der Waals surface area contributed by atoms with Gasteiger partial charge in [0, 0.05) is 50.4 Å². The number of methoxy groups -OCH3 is 1. The van der Waals surface area contributed by atoms with Crippen molar-refractivity contribution < 1.29 is 23.4 Å². The number of nitrogens with zero attached hydrogens (tertiary/aromatic N) is 1. The van der Waals surface area contributed by atoms with E-state index in [2.05, 4.69) is 34.9 Å². The summed E-state index contributed by atoms with van der Waals surface area (Å²) in [5, 5.41) is 16.0. The van der Waals surface area contributed by atoms with Gasteiger partial charge in [-0.05, 0) is 100 Å². The number of aryl methyl sites for hydroxylation is 2. The third-order valence-corrected chi connectivity index (χ3v) is 8.67. The second kappa shape index (κ2) is 18.3. The highest BCUT2D eigenvalue weighted by Gasteiger charge is 2.39. The van der Waals surface area contributed by atoms with Gasteiger partial charge >= 0.3 is 5.97 Å². The Morgan fingerprint density at radius 3 is 2.55 bits per heavy atom. The van der Waals surface area contributed by atoms with Gasteiger partial charge < -0.3 is 24.8 Å². The molecular formula is C39H50FN3O4. The topological polar surface area (TPSA) is 92.6 Å². The van der Waals surface area contributed by atoms with Crippen molar-refractivity contribution in [3.8, 4) is 11.8 Å². The maximum absolute atomic E-state index is 14.7. The molecule has 4 rings (SSSR count). The van der Waals surface area contributed by atoms with E-state index < -0.39 is 11.4 Å². The fourth-order valence-corrected chi connectivity index (χ4v) is 5.46. The van der Waals surface area contributed by atoms with E-state index in [4.69, 9.17) is 14.7 Å². The van der Waals surface area contributed by atoms with Crippen LogP contribution < -0.4 is 15.4 Å². The summed E-state index contributed by atoms with van der Waals surface area (Å²) in [5.41, 5.74) is 6.49. The number of nitrogens with one attached hydrogen (secondary N) is 2. The van der Waals surface area contributed by atoms with E-state index in [0.29, 0.717) is 29.0 Å². The molecule has 1 aliphatic rings. The fraction of sp³-hybridized carbons (Fsp3) is 0.436.